The quantitative estimate of drug-likeness (QED) is 0.812. The third-order valence-electron chi connectivity index (χ3n) is 2.17. The summed E-state index contributed by atoms with van der Waals surface area (Å²) in [6.07, 6.45) is 9.00. The van der Waals surface area contributed by atoms with Gasteiger partial charge in [0.15, 0.2) is 0 Å². The van der Waals surface area contributed by atoms with Crippen molar-refractivity contribution in [2.75, 3.05) is 4.90 Å². The molecule has 0 atom stereocenters. The Morgan fingerprint density at radius 3 is 2.62 bits per heavy atom. The van der Waals surface area contributed by atoms with Crippen molar-refractivity contribution >= 4 is 17.9 Å². The average molecular weight is 213 g/mol. The number of rotatable bonds is 2. The van der Waals surface area contributed by atoms with Crippen LogP contribution in [0, 0.1) is 0 Å². The third kappa shape index (κ3) is 2.17. The molecule has 80 valence electrons. The molecule has 0 saturated carbocycles. The van der Waals surface area contributed by atoms with E-state index >= 15 is 0 Å². The van der Waals surface area contributed by atoms with Gasteiger partial charge in [0, 0.05) is 23.7 Å². The minimum Gasteiger partial charge on any atom is -0.366 e. The predicted octanol–water partition coefficient (Wildman–Crippen LogP) is 1.66. The molecule has 1 amide bonds. The van der Waals surface area contributed by atoms with Crippen LogP contribution in [0.5, 0.6) is 0 Å². The maximum absolute atomic E-state index is 10.9. The number of nitrogens with two attached hydrogens (primary N) is 1. The van der Waals surface area contributed by atoms with E-state index in [-0.39, 0.29) is 0 Å². The van der Waals surface area contributed by atoms with Crippen LogP contribution in [0.15, 0.2) is 53.8 Å². The summed E-state index contributed by atoms with van der Waals surface area (Å²) >= 11 is 0. The number of primary amides is 1. The van der Waals surface area contributed by atoms with E-state index in [9.17, 15) is 4.79 Å². The fourth-order valence-corrected chi connectivity index (χ4v) is 1.34. The van der Waals surface area contributed by atoms with Crippen molar-refractivity contribution in [1.82, 2.24) is 0 Å². The van der Waals surface area contributed by atoms with E-state index in [1.807, 2.05) is 35.4 Å². The molecule has 16 heavy (non-hydrogen) atoms. The highest BCUT2D eigenvalue weighted by Crippen LogP contribution is 2.15. The number of anilines is 1. The van der Waals surface area contributed by atoms with E-state index in [0.717, 1.165) is 5.69 Å². The lowest BCUT2D eigenvalue weighted by Gasteiger charge is -2.13. The molecule has 0 aliphatic carbocycles. The molecule has 1 heterocycles. The maximum atomic E-state index is 10.9. The normalized spacial score (nSPS) is 13.9. The molecule has 4 heteroatoms. The maximum Gasteiger partial charge on any atom is 0.248 e. The topological polar surface area (TPSA) is 58.7 Å². The number of aliphatic imine (C=N–C) groups is 1. The van der Waals surface area contributed by atoms with Crippen LogP contribution in [-0.2, 0) is 0 Å². The number of carbonyl (C=O) groups is 1. The monoisotopic (exact) mass is 213 g/mol. The van der Waals surface area contributed by atoms with Gasteiger partial charge in [-0.1, -0.05) is 0 Å². The summed E-state index contributed by atoms with van der Waals surface area (Å²) < 4.78 is 0. The van der Waals surface area contributed by atoms with Crippen molar-refractivity contribution in [1.29, 1.82) is 0 Å². The second kappa shape index (κ2) is 4.44. The Bertz CT molecular complexity index is 456. The van der Waals surface area contributed by atoms with E-state index in [1.54, 1.807) is 24.7 Å². The van der Waals surface area contributed by atoms with E-state index in [2.05, 4.69) is 4.99 Å². The average Bonchev–Trinajstić information content (AvgIpc) is 2.57. The van der Waals surface area contributed by atoms with Crippen LogP contribution in [0.2, 0.25) is 0 Å². The zero-order valence-corrected chi connectivity index (χ0v) is 8.58. The van der Waals surface area contributed by atoms with Gasteiger partial charge in [0.05, 0.1) is 6.34 Å². The Kier molecular flexibility index (Phi) is 2.82. The lowest BCUT2D eigenvalue weighted by Crippen LogP contribution is -2.14. The Morgan fingerprint density at radius 1 is 1.19 bits per heavy atom. The van der Waals surface area contributed by atoms with E-state index < -0.39 is 5.91 Å². The zero-order valence-electron chi connectivity index (χ0n) is 8.58. The molecule has 1 aromatic rings. The number of benzene rings is 1. The summed E-state index contributed by atoms with van der Waals surface area (Å²) in [6.45, 7) is 0. The summed E-state index contributed by atoms with van der Waals surface area (Å²) in [7, 11) is 0. The van der Waals surface area contributed by atoms with Gasteiger partial charge in [-0.25, -0.2) is 4.99 Å². The Labute approximate surface area is 93.4 Å². The summed E-state index contributed by atoms with van der Waals surface area (Å²) in [5.41, 5.74) is 6.59. The highest BCUT2D eigenvalue weighted by molar-refractivity contribution is 5.93. The Hall–Kier alpha value is -2.36. The van der Waals surface area contributed by atoms with Crippen molar-refractivity contribution in [2.24, 2.45) is 10.7 Å². The second-order valence-corrected chi connectivity index (χ2v) is 3.27. The zero-order chi connectivity index (χ0) is 11.4. The van der Waals surface area contributed by atoms with Crippen molar-refractivity contribution in [2.45, 2.75) is 0 Å². The lowest BCUT2D eigenvalue weighted by molar-refractivity contribution is 0.100. The van der Waals surface area contributed by atoms with E-state index in [4.69, 9.17) is 5.73 Å². The van der Waals surface area contributed by atoms with Crippen LogP contribution < -0.4 is 10.6 Å². The molecule has 1 aliphatic heterocycles. The number of amides is 1. The van der Waals surface area contributed by atoms with Gasteiger partial charge in [-0.15, -0.1) is 0 Å². The van der Waals surface area contributed by atoms with E-state index in [1.165, 1.54) is 0 Å². The minimum absolute atomic E-state index is 0.423. The molecule has 0 fully saturated rings. The van der Waals surface area contributed by atoms with Crippen LogP contribution in [0.1, 0.15) is 10.4 Å². The van der Waals surface area contributed by atoms with Crippen molar-refractivity contribution in [3.8, 4) is 0 Å². The molecule has 1 aromatic carbocycles. The molecule has 0 radical (unpaired) electrons. The number of allylic oxidation sites excluding steroid dienone is 2. The highest BCUT2D eigenvalue weighted by Gasteiger charge is 2.03. The first-order chi connectivity index (χ1) is 7.77. The van der Waals surface area contributed by atoms with Gasteiger partial charge in [-0.3, -0.25) is 4.79 Å². The highest BCUT2D eigenvalue weighted by atomic mass is 16.1. The fraction of sp³-hybridized carbons (Fsp3) is 0. The van der Waals surface area contributed by atoms with Crippen molar-refractivity contribution in [3.05, 3.63) is 54.4 Å². The molecule has 0 aromatic heterocycles. The molecule has 1 aliphatic rings. The van der Waals surface area contributed by atoms with Crippen LogP contribution in [-0.4, -0.2) is 12.2 Å². The Balaban J connectivity index is 2.25. The molecule has 2 N–H and O–H groups in total. The van der Waals surface area contributed by atoms with Crippen LogP contribution >= 0.6 is 0 Å². The first kappa shape index (κ1) is 10.2. The molecule has 0 bridgehead atoms. The van der Waals surface area contributed by atoms with E-state index in [0.29, 0.717) is 5.56 Å². The second-order valence-electron chi connectivity index (χ2n) is 3.27. The van der Waals surface area contributed by atoms with Crippen molar-refractivity contribution < 1.29 is 4.79 Å². The standard InChI is InChI=1S/C12H11N3O/c13-12(16)10-3-5-11(6-4-10)15-8-2-1-7-14-9-15/h1-9H,(H2,13,16). The smallest absolute Gasteiger partial charge is 0.248 e. The number of hydrogen-bond donors (Lipinski definition) is 1. The molecule has 0 saturated heterocycles. The molecular weight excluding hydrogens is 202 g/mol. The molecule has 2 rings (SSSR count). The van der Waals surface area contributed by atoms with Crippen LogP contribution in [0.3, 0.4) is 0 Å². The number of nitrogens with zero attached hydrogens (tertiary/aromatic N) is 2. The summed E-state index contributed by atoms with van der Waals surface area (Å²) in [5.74, 6) is -0.423. The number of carbonyl (C=O) groups excluding carboxylic acids is 1. The Morgan fingerprint density at radius 2 is 1.94 bits per heavy atom. The van der Waals surface area contributed by atoms with Gasteiger partial charge in [-0.05, 0) is 36.4 Å². The van der Waals surface area contributed by atoms with Gasteiger partial charge in [0.2, 0.25) is 5.91 Å². The van der Waals surface area contributed by atoms with Gasteiger partial charge in [-0.2, -0.15) is 0 Å². The van der Waals surface area contributed by atoms with Gasteiger partial charge in [0.1, 0.15) is 0 Å². The van der Waals surface area contributed by atoms with Crippen molar-refractivity contribution in [3.63, 3.8) is 0 Å². The largest absolute Gasteiger partial charge is 0.366 e. The lowest BCUT2D eigenvalue weighted by atomic mass is 10.2. The SMILES string of the molecule is NC(=O)c1ccc(N2C=CC=CN=C2)cc1. The minimum atomic E-state index is -0.423. The van der Waals surface area contributed by atoms with Gasteiger partial charge < -0.3 is 10.6 Å². The fourth-order valence-electron chi connectivity index (χ4n) is 1.34. The molecular formula is C12H11N3O. The van der Waals surface area contributed by atoms with Crippen LogP contribution in [0.25, 0.3) is 0 Å². The molecule has 0 spiro atoms. The predicted molar refractivity (Wildman–Crippen MR) is 64.2 cm³/mol. The summed E-state index contributed by atoms with van der Waals surface area (Å²) in [6, 6.07) is 7.03. The van der Waals surface area contributed by atoms with Gasteiger partial charge >= 0.3 is 0 Å². The van der Waals surface area contributed by atoms with Gasteiger partial charge in [0.25, 0.3) is 0 Å². The van der Waals surface area contributed by atoms with Crippen LogP contribution in [0.4, 0.5) is 5.69 Å². The molecule has 0 unspecified atom stereocenters. The first-order valence-corrected chi connectivity index (χ1v) is 4.82. The first-order valence-electron chi connectivity index (χ1n) is 4.82. The number of hydrogen-bond acceptors (Lipinski definition) is 3. The third-order valence-corrected chi connectivity index (χ3v) is 2.17. The summed E-state index contributed by atoms with van der Waals surface area (Å²) in [5, 5.41) is 0. The summed E-state index contributed by atoms with van der Waals surface area (Å²) in [4.78, 5) is 16.8. The molecule has 4 nitrogen and oxygen atoms in total.